The summed E-state index contributed by atoms with van der Waals surface area (Å²) >= 11 is 26.1. The van der Waals surface area contributed by atoms with Crippen molar-refractivity contribution in [3.63, 3.8) is 0 Å². The van der Waals surface area contributed by atoms with E-state index in [1.807, 2.05) is 72.8 Å². The molecule has 18 rings (SSSR count). The zero-order chi connectivity index (χ0) is 88.4. The van der Waals surface area contributed by atoms with Gasteiger partial charge in [0.1, 0.15) is 0 Å². The number of aromatic nitrogens is 6. The number of halogens is 4. The van der Waals surface area contributed by atoms with Crippen LogP contribution >= 0.6 is 46.4 Å². The number of rotatable bonds is 10. The van der Waals surface area contributed by atoms with Crippen molar-refractivity contribution in [2.75, 3.05) is 0 Å². The zero-order valence-electron chi connectivity index (χ0n) is 73.9. The standard InChI is InChI=1S/2C48H43Cl2N3O2.2C7H7.Zr/c2*1-25-17-27(3)42(28(4)18-25)31-13-15-39-34(21-31)35-22-32(43-29(5)19-26(2)20-30(43)6)14-16-40(35)53(39)41-24-33(48(7,8)9)23-36(45(41)54)46-51-47(55-52-46)44-37(49)11-10-12-38(44)50;2*1-7-5-3-2-4-6-7;/h2*10-24,54H,1-9H3;2*2-6H,1H2;/q;;2*-1;+2. The first-order valence-corrected chi connectivity index (χ1v) is 43.1. The summed E-state index contributed by atoms with van der Waals surface area (Å²) in [5.41, 5.74) is 35.0. The molecule has 0 saturated carbocycles. The van der Waals surface area contributed by atoms with Gasteiger partial charge in [-0.25, -0.2) is 0 Å². The first-order chi connectivity index (χ1) is 59.0. The number of aryl methyl sites for hydroxylation is 12. The maximum absolute atomic E-state index is 12.4. The maximum atomic E-state index is 12.4. The fourth-order valence-corrected chi connectivity index (χ4v) is 18.9. The number of hydrogen-bond acceptors (Lipinski definition) is 8. The number of phenolic OH excluding ortho intramolecular Hbond substituents is 2. The van der Waals surface area contributed by atoms with Crippen LogP contribution in [0.25, 0.3) is 145 Å². The SMILES string of the molecule is Cc1cc(C)c(-c2ccc3c(c2)c2cc(-c4c(C)cc(C)cc4C)ccc2n3-c2cc(C(C)(C)C)cc(-c3noc(-c4c(Cl)cccc4Cl)n3)c2O)c(C)c1.Cc1cc(C)c(-c2ccc3c(c2)c2cc(-c4c(C)cc(C)cc4C)ccc2n3-c2cc(C(C)(C)C)cc(-c3noc(-c4c(Cl)cccc4Cl)n3)c2O)c(C)c1.[CH2-]c1ccccc1.[CH2-]c1ccccc1.[Zr+2]. The van der Waals surface area contributed by atoms with Crippen LogP contribution in [-0.4, -0.2) is 39.6 Å². The van der Waals surface area contributed by atoms with Crippen molar-refractivity contribution in [1.82, 2.24) is 29.4 Å². The van der Waals surface area contributed by atoms with Gasteiger partial charge >= 0.3 is 26.2 Å². The first kappa shape index (κ1) is 89.6. The average Bonchev–Trinajstić information content (AvgIpc) is 1.57. The van der Waals surface area contributed by atoms with Crippen LogP contribution in [0.3, 0.4) is 0 Å². The third-order valence-electron chi connectivity index (χ3n) is 23.2. The Labute approximate surface area is 772 Å². The smallest absolute Gasteiger partial charge is 0.505 e. The zero-order valence-corrected chi connectivity index (χ0v) is 79.4. The quantitative estimate of drug-likeness (QED) is 0.130. The van der Waals surface area contributed by atoms with E-state index in [1.54, 1.807) is 36.4 Å². The Morgan fingerprint density at radius 3 is 0.776 bits per heavy atom. The normalized spacial score (nSPS) is 11.5. The largest absolute Gasteiger partial charge is 2.00 e. The molecule has 0 aliphatic heterocycles. The molecule has 0 atom stereocenters. The Bertz CT molecular complexity index is 6410. The van der Waals surface area contributed by atoms with E-state index in [0.717, 1.165) is 88.1 Å². The van der Waals surface area contributed by atoms with Crippen molar-refractivity contribution in [1.29, 1.82) is 0 Å². The van der Waals surface area contributed by atoms with E-state index in [2.05, 4.69) is 291 Å². The van der Waals surface area contributed by atoms with Gasteiger partial charge < -0.3 is 28.4 Å². The molecular formula is C110H100Cl4N6O4Zr. The molecule has 10 nitrogen and oxygen atoms in total. The summed E-state index contributed by atoms with van der Waals surface area (Å²) in [6.45, 7) is 46.4. The molecule has 0 aliphatic rings. The molecule has 0 aliphatic carbocycles. The Kier molecular flexibility index (Phi) is 25.9. The fraction of sp³-hybridized carbons (Fsp3) is 0.182. The van der Waals surface area contributed by atoms with Crippen LogP contribution in [-0.2, 0) is 37.0 Å². The predicted molar refractivity (Wildman–Crippen MR) is 520 cm³/mol. The Morgan fingerprint density at radius 2 is 0.552 bits per heavy atom. The molecule has 4 aromatic heterocycles. The van der Waals surface area contributed by atoms with Gasteiger partial charge in [-0.2, -0.15) is 59.2 Å². The van der Waals surface area contributed by atoms with Gasteiger partial charge in [0.15, 0.2) is 11.5 Å². The van der Waals surface area contributed by atoms with Crippen molar-refractivity contribution in [3.8, 4) is 113 Å². The Morgan fingerprint density at radius 1 is 0.304 bits per heavy atom. The molecule has 626 valence electrons. The van der Waals surface area contributed by atoms with E-state index in [9.17, 15) is 10.2 Å². The van der Waals surface area contributed by atoms with E-state index < -0.39 is 0 Å². The maximum Gasteiger partial charge on any atom is 2.00 e. The summed E-state index contributed by atoms with van der Waals surface area (Å²) < 4.78 is 15.8. The summed E-state index contributed by atoms with van der Waals surface area (Å²) in [6.07, 6.45) is 0. The molecule has 15 heteroatoms. The monoisotopic (exact) mass is 1800 g/mol. The Balaban J connectivity index is 0.000000174. The van der Waals surface area contributed by atoms with Gasteiger partial charge in [-0.05, 0) is 291 Å². The van der Waals surface area contributed by atoms with Crippen molar-refractivity contribution in [2.24, 2.45) is 0 Å². The number of phenols is 2. The van der Waals surface area contributed by atoms with Gasteiger partial charge in [-0.3, -0.25) is 0 Å². The van der Waals surface area contributed by atoms with Gasteiger partial charge in [-0.15, -0.1) is 24.3 Å². The second-order valence-electron chi connectivity index (χ2n) is 35.0. The third-order valence-corrected chi connectivity index (χ3v) is 24.4. The van der Waals surface area contributed by atoms with Crippen LogP contribution in [0.15, 0.2) is 252 Å². The summed E-state index contributed by atoms with van der Waals surface area (Å²) in [6, 6.07) is 82.9. The number of hydrogen-bond donors (Lipinski definition) is 2. The first-order valence-electron chi connectivity index (χ1n) is 41.6. The van der Waals surface area contributed by atoms with Crippen molar-refractivity contribution >= 4 is 90.0 Å². The minimum Gasteiger partial charge on any atom is -0.505 e. The molecule has 0 unspecified atom stereocenters. The Hall–Kier alpha value is -11.7. The van der Waals surface area contributed by atoms with Crippen LogP contribution in [0.2, 0.25) is 20.1 Å². The minimum atomic E-state index is -0.282. The summed E-state index contributed by atoms with van der Waals surface area (Å²) in [7, 11) is 0. The van der Waals surface area contributed by atoms with Gasteiger partial charge in [0, 0.05) is 21.5 Å². The predicted octanol–water partition coefficient (Wildman–Crippen LogP) is 31.7. The van der Waals surface area contributed by atoms with E-state index in [0.29, 0.717) is 53.7 Å². The molecule has 18 aromatic rings. The molecule has 4 heterocycles. The third kappa shape index (κ3) is 18.2. The average molecular weight is 1800 g/mol. The molecule has 14 aromatic carbocycles. The molecule has 0 fully saturated rings. The molecule has 0 radical (unpaired) electrons. The van der Waals surface area contributed by atoms with Crippen molar-refractivity contribution in [2.45, 2.75) is 135 Å². The second kappa shape index (κ2) is 36.1. The minimum absolute atomic E-state index is 0. The molecule has 2 N–H and O–H groups in total. The number of aromatic hydroxyl groups is 2. The fourth-order valence-electron chi connectivity index (χ4n) is 17.7. The summed E-state index contributed by atoms with van der Waals surface area (Å²) in [4.78, 5) is 9.45. The van der Waals surface area contributed by atoms with Gasteiger partial charge in [0.2, 0.25) is 11.6 Å². The molecule has 0 bridgehead atoms. The summed E-state index contributed by atoms with van der Waals surface area (Å²) in [5.74, 6) is 0.885. The number of fused-ring (bicyclic) bond motifs is 6. The number of benzene rings is 14. The molecule has 125 heavy (non-hydrogen) atoms. The van der Waals surface area contributed by atoms with Gasteiger partial charge in [0.05, 0.1) is 75.8 Å². The van der Waals surface area contributed by atoms with E-state index in [-0.39, 0.29) is 72.0 Å². The molecular weight excluding hydrogens is 1700 g/mol. The number of nitrogens with zero attached hydrogens (tertiary/aromatic N) is 6. The van der Waals surface area contributed by atoms with Crippen LogP contribution < -0.4 is 0 Å². The molecule has 0 spiro atoms. The van der Waals surface area contributed by atoms with Gasteiger partial charge in [0.25, 0.3) is 11.8 Å². The molecule has 0 saturated heterocycles. The molecule has 0 amide bonds. The van der Waals surface area contributed by atoms with Crippen molar-refractivity contribution in [3.05, 3.63) is 366 Å². The van der Waals surface area contributed by atoms with Crippen molar-refractivity contribution < 1.29 is 45.5 Å². The topological polar surface area (TPSA) is 128 Å². The van der Waals surface area contributed by atoms with Crippen LogP contribution in [0, 0.1) is 96.9 Å². The van der Waals surface area contributed by atoms with Crippen LogP contribution in [0.1, 0.15) is 131 Å². The van der Waals surface area contributed by atoms with Crippen LogP contribution in [0.5, 0.6) is 11.5 Å². The van der Waals surface area contributed by atoms with E-state index >= 15 is 0 Å². The summed E-state index contributed by atoms with van der Waals surface area (Å²) in [5, 5.41) is 39.4. The van der Waals surface area contributed by atoms with E-state index in [1.165, 1.54) is 89.0 Å². The van der Waals surface area contributed by atoms with E-state index in [4.69, 9.17) is 65.4 Å². The van der Waals surface area contributed by atoms with Gasteiger partial charge in [-0.1, -0.05) is 218 Å². The second-order valence-corrected chi connectivity index (χ2v) is 36.6. The van der Waals surface area contributed by atoms with Crippen LogP contribution in [0.4, 0.5) is 0 Å².